The predicted octanol–water partition coefficient (Wildman–Crippen LogP) is 1.46. The van der Waals surface area contributed by atoms with E-state index in [0.29, 0.717) is 18.6 Å². The Morgan fingerprint density at radius 3 is 2.60 bits per heavy atom. The molecule has 1 aliphatic rings. The maximum atomic E-state index is 12.8. The molecular formula is C15H15NO7S2. The van der Waals surface area contributed by atoms with E-state index in [1.165, 1.54) is 11.8 Å². The SMILES string of the molecule is CS(=O)(=O)c1ccc(C(=O)C2SCCCC2C(=O)C=O)c([N+](=O)[O-])c1. The van der Waals surface area contributed by atoms with Crippen molar-refractivity contribution in [2.75, 3.05) is 12.0 Å². The molecule has 25 heavy (non-hydrogen) atoms. The Hall–Kier alpha value is -2.07. The van der Waals surface area contributed by atoms with Crippen LogP contribution in [0.1, 0.15) is 23.2 Å². The molecule has 0 bridgehead atoms. The molecule has 0 N–H and O–H groups in total. The highest BCUT2D eigenvalue weighted by Crippen LogP contribution is 2.35. The number of Topliss-reactive ketones (excluding diaryl/α,β-unsaturated/α-hetero) is 2. The van der Waals surface area contributed by atoms with E-state index < -0.39 is 43.2 Å². The first-order valence-electron chi connectivity index (χ1n) is 7.30. The van der Waals surface area contributed by atoms with E-state index in [-0.39, 0.29) is 16.7 Å². The van der Waals surface area contributed by atoms with Crippen molar-refractivity contribution in [1.29, 1.82) is 0 Å². The Morgan fingerprint density at radius 1 is 1.36 bits per heavy atom. The second kappa shape index (κ2) is 7.44. The summed E-state index contributed by atoms with van der Waals surface area (Å²) in [4.78, 5) is 45.5. The zero-order valence-electron chi connectivity index (χ0n) is 13.2. The van der Waals surface area contributed by atoms with Crippen molar-refractivity contribution in [3.8, 4) is 0 Å². The smallest absolute Gasteiger partial charge is 0.281 e. The van der Waals surface area contributed by atoms with Gasteiger partial charge in [0.15, 0.2) is 27.7 Å². The molecule has 1 heterocycles. The second-order valence-electron chi connectivity index (χ2n) is 5.63. The molecule has 2 atom stereocenters. The van der Waals surface area contributed by atoms with E-state index in [9.17, 15) is 32.9 Å². The number of carbonyl (C=O) groups excluding carboxylic acids is 3. The summed E-state index contributed by atoms with van der Waals surface area (Å²) in [6.45, 7) is 0. The van der Waals surface area contributed by atoms with E-state index in [1.807, 2.05) is 0 Å². The number of sulfone groups is 1. The first-order valence-corrected chi connectivity index (χ1v) is 10.2. The van der Waals surface area contributed by atoms with Gasteiger partial charge in [0.1, 0.15) is 0 Å². The molecule has 0 aliphatic carbocycles. The molecule has 134 valence electrons. The fourth-order valence-electron chi connectivity index (χ4n) is 2.67. The predicted molar refractivity (Wildman–Crippen MR) is 90.6 cm³/mol. The first kappa shape index (κ1) is 19.3. The quantitative estimate of drug-likeness (QED) is 0.237. The van der Waals surface area contributed by atoms with Crippen molar-refractivity contribution in [1.82, 2.24) is 0 Å². The lowest BCUT2D eigenvalue weighted by Crippen LogP contribution is -2.36. The lowest BCUT2D eigenvalue weighted by molar-refractivity contribution is -0.385. The summed E-state index contributed by atoms with van der Waals surface area (Å²) in [5.74, 6) is -1.58. The summed E-state index contributed by atoms with van der Waals surface area (Å²) in [5.41, 5.74) is -0.892. The van der Waals surface area contributed by atoms with Crippen molar-refractivity contribution < 1.29 is 27.7 Å². The van der Waals surface area contributed by atoms with Crippen LogP contribution in [0.4, 0.5) is 5.69 Å². The van der Waals surface area contributed by atoms with E-state index in [0.717, 1.165) is 24.5 Å². The number of nitro groups is 1. The number of hydrogen-bond acceptors (Lipinski definition) is 8. The van der Waals surface area contributed by atoms with Gasteiger partial charge in [-0.05, 0) is 30.7 Å². The van der Waals surface area contributed by atoms with Gasteiger partial charge in [0.2, 0.25) is 0 Å². The average Bonchev–Trinajstić information content (AvgIpc) is 2.59. The zero-order chi connectivity index (χ0) is 18.8. The summed E-state index contributed by atoms with van der Waals surface area (Å²) in [7, 11) is -3.68. The molecule has 0 spiro atoms. The third kappa shape index (κ3) is 4.13. The topological polar surface area (TPSA) is 128 Å². The minimum Gasteiger partial charge on any atom is -0.295 e. The van der Waals surface area contributed by atoms with Crippen LogP contribution in [0, 0.1) is 16.0 Å². The van der Waals surface area contributed by atoms with Crippen LogP contribution >= 0.6 is 11.8 Å². The standard InChI is InChI=1S/C15H15NO7S2/c1-25(22,23)9-4-5-10(12(7-9)16(20)21)14(19)15-11(13(18)8-17)3-2-6-24-15/h4-5,7-8,11,15H,2-3,6H2,1H3. The molecule has 1 saturated heterocycles. The van der Waals surface area contributed by atoms with Crippen LogP contribution in [0.5, 0.6) is 0 Å². The Balaban J connectivity index is 2.49. The van der Waals surface area contributed by atoms with Crippen molar-refractivity contribution in [3.05, 3.63) is 33.9 Å². The summed E-state index contributed by atoms with van der Waals surface area (Å²) < 4.78 is 23.2. The van der Waals surface area contributed by atoms with Crippen LogP contribution in [0.3, 0.4) is 0 Å². The van der Waals surface area contributed by atoms with E-state index in [1.54, 1.807) is 0 Å². The number of nitro benzene ring substituents is 1. The molecule has 1 aliphatic heterocycles. The first-order chi connectivity index (χ1) is 11.7. The zero-order valence-corrected chi connectivity index (χ0v) is 14.8. The van der Waals surface area contributed by atoms with Gasteiger partial charge in [-0.25, -0.2) is 8.42 Å². The van der Waals surface area contributed by atoms with Gasteiger partial charge in [-0.3, -0.25) is 24.5 Å². The van der Waals surface area contributed by atoms with Crippen LogP contribution in [0.2, 0.25) is 0 Å². The Labute approximate surface area is 148 Å². The van der Waals surface area contributed by atoms with E-state index in [4.69, 9.17) is 0 Å². The summed E-state index contributed by atoms with van der Waals surface area (Å²) >= 11 is 1.18. The lowest BCUT2D eigenvalue weighted by Gasteiger charge is -2.27. The van der Waals surface area contributed by atoms with Gasteiger partial charge in [0.25, 0.3) is 5.69 Å². The van der Waals surface area contributed by atoms with Gasteiger partial charge in [0, 0.05) is 18.2 Å². The molecule has 2 rings (SSSR count). The Bertz CT molecular complexity index is 847. The summed E-state index contributed by atoms with van der Waals surface area (Å²) in [5, 5.41) is 10.4. The van der Waals surface area contributed by atoms with Crippen LogP contribution in [-0.2, 0) is 19.4 Å². The van der Waals surface area contributed by atoms with Crippen LogP contribution in [0.25, 0.3) is 0 Å². The van der Waals surface area contributed by atoms with Gasteiger partial charge in [0.05, 0.1) is 20.6 Å². The van der Waals surface area contributed by atoms with E-state index in [2.05, 4.69) is 0 Å². The fraction of sp³-hybridized carbons (Fsp3) is 0.400. The molecular weight excluding hydrogens is 370 g/mol. The Morgan fingerprint density at radius 2 is 2.04 bits per heavy atom. The second-order valence-corrected chi connectivity index (χ2v) is 8.90. The highest BCUT2D eigenvalue weighted by molar-refractivity contribution is 8.00. The van der Waals surface area contributed by atoms with Crippen LogP contribution in [0.15, 0.2) is 23.1 Å². The molecule has 10 heteroatoms. The van der Waals surface area contributed by atoms with Crippen molar-refractivity contribution in [2.24, 2.45) is 5.92 Å². The third-order valence-electron chi connectivity index (χ3n) is 3.92. The number of ketones is 2. The molecule has 0 saturated carbocycles. The van der Waals surface area contributed by atoms with Crippen molar-refractivity contribution in [2.45, 2.75) is 23.0 Å². The highest BCUT2D eigenvalue weighted by Gasteiger charge is 2.38. The number of thioether (sulfide) groups is 1. The minimum atomic E-state index is -3.68. The minimum absolute atomic E-state index is 0.165. The number of aldehydes is 1. The molecule has 1 aromatic rings. The molecule has 1 fully saturated rings. The lowest BCUT2D eigenvalue weighted by atomic mass is 9.89. The molecule has 0 aromatic heterocycles. The average molecular weight is 385 g/mol. The number of benzene rings is 1. The van der Waals surface area contributed by atoms with Gasteiger partial charge in [-0.1, -0.05) is 0 Å². The maximum absolute atomic E-state index is 12.8. The van der Waals surface area contributed by atoms with Crippen molar-refractivity contribution in [3.63, 3.8) is 0 Å². The fourth-order valence-corrected chi connectivity index (χ4v) is 4.68. The molecule has 8 nitrogen and oxygen atoms in total. The van der Waals surface area contributed by atoms with Gasteiger partial charge in [-0.2, -0.15) is 0 Å². The molecule has 1 aromatic carbocycles. The molecule has 0 amide bonds. The number of rotatable bonds is 6. The maximum Gasteiger partial charge on any atom is 0.281 e. The van der Waals surface area contributed by atoms with Gasteiger partial charge < -0.3 is 0 Å². The molecule has 2 unspecified atom stereocenters. The van der Waals surface area contributed by atoms with Gasteiger partial charge in [-0.15, -0.1) is 11.8 Å². The summed E-state index contributed by atoms with van der Waals surface area (Å²) in [6.07, 6.45) is 2.09. The summed E-state index contributed by atoms with van der Waals surface area (Å²) in [6, 6.07) is 3.06. The Kier molecular flexibility index (Phi) is 5.73. The highest BCUT2D eigenvalue weighted by atomic mass is 32.2. The monoisotopic (exact) mass is 385 g/mol. The molecule has 0 radical (unpaired) electrons. The normalized spacial score (nSPS) is 20.7. The number of carbonyl (C=O) groups is 3. The largest absolute Gasteiger partial charge is 0.295 e. The van der Waals surface area contributed by atoms with Crippen LogP contribution in [-0.4, -0.2) is 48.5 Å². The third-order valence-corrected chi connectivity index (χ3v) is 6.46. The van der Waals surface area contributed by atoms with Crippen LogP contribution < -0.4 is 0 Å². The number of nitrogens with zero attached hydrogens (tertiary/aromatic N) is 1. The van der Waals surface area contributed by atoms with Crippen molar-refractivity contribution >= 4 is 45.1 Å². The number of hydrogen-bond donors (Lipinski definition) is 0. The van der Waals surface area contributed by atoms with E-state index >= 15 is 0 Å². The van der Waals surface area contributed by atoms with Gasteiger partial charge >= 0.3 is 0 Å².